The van der Waals surface area contributed by atoms with Crippen LogP contribution < -0.4 is 14.8 Å². The van der Waals surface area contributed by atoms with E-state index >= 15 is 0 Å². The number of nitrogens with one attached hydrogen (secondary N) is 2. The minimum atomic E-state index is -4.15. The van der Waals surface area contributed by atoms with Crippen molar-refractivity contribution in [3.05, 3.63) is 120 Å². The summed E-state index contributed by atoms with van der Waals surface area (Å²) in [6.45, 7) is 0.0968. The molecule has 35 heavy (non-hydrogen) atoms. The lowest BCUT2D eigenvalue weighted by Gasteiger charge is -2.11. The number of amides is 1. The van der Waals surface area contributed by atoms with Gasteiger partial charge in [0.1, 0.15) is 22.2 Å². The predicted octanol–water partition coefficient (Wildman–Crippen LogP) is 5.39. The van der Waals surface area contributed by atoms with Crippen molar-refractivity contribution in [2.24, 2.45) is 0 Å². The van der Waals surface area contributed by atoms with Gasteiger partial charge in [-0.3, -0.25) is 4.79 Å². The first-order chi connectivity index (χ1) is 16.9. The molecule has 0 atom stereocenters. The number of para-hydroxylation sites is 1. The summed E-state index contributed by atoms with van der Waals surface area (Å²) in [5.41, 5.74) is 1.44. The molecule has 6 nitrogen and oxygen atoms in total. The van der Waals surface area contributed by atoms with E-state index in [1.807, 2.05) is 60.7 Å². The van der Waals surface area contributed by atoms with E-state index in [0.29, 0.717) is 23.6 Å². The summed E-state index contributed by atoms with van der Waals surface area (Å²) in [7, 11) is -4.15. The summed E-state index contributed by atoms with van der Waals surface area (Å²) in [5, 5.41) is 2.68. The molecule has 0 bridgehead atoms. The van der Waals surface area contributed by atoms with Crippen LogP contribution in [0.25, 0.3) is 0 Å². The summed E-state index contributed by atoms with van der Waals surface area (Å²) in [5.74, 6) is -0.230. The van der Waals surface area contributed by atoms with E-state index in [0.717, 1.165) is 17.7 Å². The quantitative estimate of drug-likeness (QED) is 0.329. The first-order valence-electron chi connectivity index (χ1n) is 10.9. The largest absolute Gasteiger partial charge is 0.457 e. The zero-order valence-electron chi connectivity index (χ0n) is 18.6. The molecule has 4 rings (SSSR count). The summed E-state index contributed by atoms with van der Waals surface area (Å²) < 4.78 is 47.8. The lowest BCUT2D eigenvalue weighted by molar-refractivity contribution is 0.102. The Labute approximate surface area is 203 Å². The molecule has 0 aliphatic rings. The van der Waals surface area contributed by atoms with Crippen molar-refractivity contribution in [1.29, 1.82) is 0 Å². The number of halogens is 1. The zero-order valence-corrected chi connectivity index (χ0v) is 19.5. The molecule has 0 heterocycles. The van der Waals surface area contributed by atoms with Crippen molar-refractivity contribution in [3.8, 4) is 11.5 Å². The molecule has 0 aromatic heterocycles. The van der Waals surface area contributed by atoms with Gasteiger partial charge in [0, 0.05) is 17.8 Å². The molecular weight excluding hydrogens is 467 g/mol. The molecule has 0 fully saturated rings. The number of benzene rings is 4. The van der Waals surface area contributed by atoms with Gasteiger partial charge >= 0.3 is 0 Å². The van der Waals surface area contributed by atoms with Gasteiger partial charge in [-0.1, -0.05) is 48.5 Å². The molecule has 2 N–H and O–H groups in total. The minimum Gasteiger partial charge on any atom is -0.457 e. The van der Waals surface area contributed by atoms with Crippen LogP contribution in [0.1, 0.15) is 15.9 Å². The first kappa shape index (κ1) is 24.1. The van der Waals surface area contributed by atoms with E-state index in [-0.39, 0.29) is 12.1 Å². The average molecular weight is 491 g/mol. The molecule has 0 saturated carbocycles. The molecular formula is C27H23FN2O4S. The number of anilines is 1. The van der Waals surface area contributed by atoms with Crippen molar-refractivity contribution in [3.63, 3.8) is 0 Å². The molecule has 0 radical (unpaired) electrons. The van der Waals surface area contributed by atoms with E-state index < -0.39 is 26.6 Å². The topological polar surface area (TPSA) is 84.5 Å². The Bertz CT molecular complexity index is 1390. The second-order valence-electron chi connectivity index (χ2n) is 7.67. The summed E-state index contributed by atoms with van der Waals surface area (Å²) >= 11 is 0. The van der Waals surface area contributed by atoms with Crippen LogP contribution in [0.2, 0.25) is 0 Å². The summed E-state index contributed by atoms with van der Waals surface area (Å²) in [4.78, 5) is 12.1. The highest BCUT2D eigenvalue weighted by atomic mass is 32.2. The Morgan fingerprint density at radius 1 is 0.800 bits per heavy atom. The number of carbonyl (C=O) groups excluding carboxylic acids is 1. The second kappa shape index (κ2) is 10.9. The number of ether oxygens (including phenoxy) is 1. The number of carbonyl (C=O) groups is 1. The van der Waals surface area contributed by atoms with E-state index in [1.165, 1.54) is 6.07 Å². The van der Waals surface area contributed by atoms with Crippen LogP contribution in [0.3, 0.4) is 0 Å². The van der Waals surface area contributed by atoms with Crippen molar-refractivity contribution in [1.82, 2.24) is 4.72 Å². The summed E-state index contributed by atoms with van der Waals surface area (Å²) in [6.07, 6.45) is 0.450. The van der Waals surface area contributed by atoms with Gasteiger partial charge in [0.15, 0.2) is 0 Å². The Kier molecular flexibility index (Phi) is 7.54. The van der Waals surface area contributed by atoms with Gasteiger partial charge in [-0.05, 0) is 66.6 Å². The van der Waals surface area contributed by atoms with Crippen LogP contribution in [0.4, 0.5) is 10.1 Å². The molecule has 0 aliphatic heterocycles. The van der Waals surface area contributed by atoms with Gasteiger partial charge in [-0.2, -0.15) is 0 Å². The Hall–Kier alpha value is -4.01. The SMILES string of the molecule is O=C(Nc1ccc(Oc2ccccc2)cc1)c1ccc(F)c(S(=O)(=O)NCCc2ccccc2)c1. The fourth-order valence-corrected chi connectivity index (χ4v) is 4.47. The molecule has 0 aliphatic carbocycles. The van der Waals surface area contributed by atoms with Gasteiger partial charge in [-0.25, -0.2) is 17.5 Å². The molecule has 8 heteroatoms. The highest BCUT2D eigenvalue weighted by molar-refractivity contribution is 7.89. The van der Waals surface area contributed by atoms with Crippen molar-refractivity contribution in [2.45, 2.75) is 11.3 Å². The average Bonchev–Trinajstić information content (AvgIpc) is 2.86. The Balaban J connectivity index is 1.41. The highest BCUT2D eigenvalue weighted by Gasteiger charge is 2.21. The molecule has 178 valence electrons. The van der Waals surface area contributed by atoms with Crippen LogP contribution in [0, 0.1) is 5.82 Å². The van der Waals surface area contributed by atoms with E-state index in [4.69, 9.17) is 4.74 Å². The van der Waals surface area contributed by atoms with E-state index in [9.17, 15) is 17.6 Å². The standard InChI is InChI=1S/C27H23FN2O4S/c28-25-16-11-21(19-26(25)35(32,33)29-18-17-20-7-3-1-4-8-20)27(31)30-22-12-14-24(15-13-22)34-23-9-5-2-6-10-23/h1-16,19,29H,17-18H2,(H,30,31). The third kappa shape index (κ3) is 6.53. The molecule has 0 unspecified atom stereocenters. The number of rotatable bonds is 9. The van der Waals surface area contributed by atoms with Gasteiger partial charge in [-0.15, -0.1) is 0 Å². The fourth-order valence-electron chi connectivity index (χ4n) is 3.34. The van der Waals surface area contributed by atoms with Crippen LogP contribution in [-0.2, 0) is 16.4 Å². The normalized spacial score (nSPS) is 11.1. The van der Waals surface area contributed by atoms with Crippen LogP contribution in [-0.4, -0.2) is 20.9 Å². The van der Waals surface area contributed by atoms with E-state index in [1.54, 1.807) is 24.3 Å². The van der Waals surface area contributed by atoms with Gasteiger partial charge < -0.3 is 10.1 Å². The minimum absolute atomic E-state index is 0.0134. The van der Waals surface area contributed by atoms with Crippen LogP contribution in [0.5, 0.6) is 11.5 Å². The van der Waals surface area contributed by atoms with Crippen molar-refractivity contribution < 1.29 is 22.3 Å². The third-order valence-electron chi connectivity index (χ3n) is 5.12. The van der Waals surface area contributed by atoms with Crippen LogP contribution >= 0.6 is 0 Å². The first-order valence-corrected chi connectivity index (χ1v) is 12.4. The lowest BCUT2D eigenvalue weighted by Crippen LogP contribution is -2.27. The molecule has 4 aromatic carbocycles. The molecule has 4 aromatic rings. The maximum Gasteiger partial charge on any atom is 0.255 e. The fraction of sp³-hybridized carbons (Fsp3) is 0.0741. The van der Waals surface area contributed by atoms with Crippen molar-refractivity contribution in [2.75, 3.05) is 11.9 Å². The van der Waals surface area contributed by atoms with E-state index in [2.05, 4.69) is 10.0 Å². The maximum atomic E-state index is 14.4. The summed E-state index contributed by atoms with van der Waals surface area (Å²) in [6, 6.07) is 28.5. The van der Waals surface area contributed by atoms with Gasteiger partial charge in [0.25, 0.3) is 5.91 Å². The lowest BCUT2D eigenvalue weighted by atomic mass is 10.2. The highest BCUT2D eigenvalue weighted by Crippen LogP contribution is 2.23. The molecule has 0 spiro atoms. The molecule has 1 amide bonds. The van der Waals surface area contributed by atoms with Crippen molar-refractivity contribution >= 4 is 21.6 Å². The smallest absolute Gasteiger partial charge is 0.255 e. The Morgan fingerprint density at radius 2 is 1.43 bits per heavy atom. The van der Waals surface area contributed by atoms with Gasteiger partial charge in [0.2, 0.25) is 10.0 Å². The number of sulfonamides is 1. The van der Waals surface area contributed by atoms with Crippen LogP contribution in [0.15, 0.2) is 108 Å². The maximum absolute atomic E-state index is 14.4. The third-order valence-corrected chi connectivity index (χ3v) is 6.60. The second-order valence-corrected chi connectivity index (χ2v) is 9.41. The van der Waals surface area contributed by atoms with Gasteiger partial charge in [0.05, 0.1) is 0 Å². The number of hydrogen-bond donors (Lipinski definition) is 2. The Morgan fingerprint density at radius 3 is 2.11 bits per heavy atom. The monoisotopic (exact) mass is 490 g/mol. The number of hydrogen-bond acceptors (Lipinski definition) is 4. The predicted molar refractivity (Wildman–Crippen MR) is 133 cm³/mol. The molecule has 0 saturated heterocycles. The zero-order chi connectivity index (χ0) is 24.7.